The summed E-state index contributed by atoms with van der Waals surface area (Å²) in [5.74, 6) is 2.88. The topological polar surface area (TPSA) is 84.3 Å². The standard InChI is InChI=1S/C43H44N6O2/c1-32-25-28-48(29-26-32)41-39(23-18-33(2)45-41)42(50)46-37-19-21-38(22-20-37)51-31-30-49-40(24-27-44-49)47-43(34-12-6-3-7-13-34,35-14-8-4-9-15-35)36-16-10-5-11-17-36/h3-24,27,32,47H,25-26,28-31H2,1-2H3,(H,46,50). The number of nitrogens with one attached hydrogen (secondary N) is 2. The molecule has 2 aromatic heterocycles. The molecule has 1 fully saturated rings. The number of hydrogen-bond acceptors (Lipinski definition) is 6. The first-order valence-corrected chi connectivity index (χ1v) is 17.7. The third-order valence-corrected chi connectivity index (χ3v) is 9.68. The van der Waals surface area contributed by atoms with E-state index in [1.165, 1.54) is 0 Å². The molecule has 7 rings (SSSR count). The van der Waals surface area contributed by atoms with Crippen molar-refractivity contribution in [3.05, 3.63) is 168 Å². The Morgan fingerprint density at radius 3 is 1.96 bits per heavy atom. The Hall–Kier alpha value is -5.89. The molecule has 0 unspecified atom stereocenters. The van der Waals surface area contributed by atoms with Crippen LogP contribution in [0.3, 0.4) is 0 Å². The van der Waals surface area contributed by atoms with Crippen molar-refractivity contribution in [2.75, 3.05) is 35.2 Å². The van der Waals surface area contributed by atoms with Crippen LogP contribution in [0.2, 0.25) is 0 Å². The molecule has 0 atom stereocenters. The normalized spacial score (nSPS) is 13.5. The van der Waals surface area contributed by atoms with Crippen molar-refractivity contribution in [3.63, 3.8) is 0 Å². The van der Waals surface area contributed by atoms with Gasteiger partial charge in [-0.3, -0.25) is 4.79 Å². The van der Waals surface area contributed by atoms with E-state index in [0.29, 0.717) is 36.1 Å². The van der Waals surface area contributed by atoms with Gasteiger partial charge >= 0.3 is 0 Å². The van der Waals surface area contributed by atoms with E-state index in [2.05, 4.69) is 100 Å². The van der Waals surface area contributed by atoms with Gasteiger partial charge in [0.05, 0.1) is 18.3 Å². The fourth-order valence-corrected chi connectivity index (χ4v) is 6.85. The highest BCUT2D eigenvalue weighted by molar-refractivity contribution is 6.07. The molecule has 4 aromatic carbocycles. The van der Waals surface area contributed by atoms with Crippen LogP contribution in [0.5, 0.6) is 5.75 Å². The molecule has 2 N–H and O–H groups in total. The van der Waals surface area contributed by atoms with E-state index < -0.39 is 5.54 Å². The van der Waals surface area contributed by atoms with Gasteiger partial charge in [0.15, 0.2) is 0 Å². The number of hydrogen-bond donors (Lipinski definition) is 2. The Balaban J connectivity index is 1.03. The average molecular weight is 677 g/mol. The molecule has 0 radical (unpaired) electrons. The smallest absolute Gasteiger partial charge is 0.259 e. The average Bonchev–Trinajstić information content (AvgIpc) is 3.62. The van der Waals surface area contributed by atoms with Crippen LogP contribution in [0.1, 0.15) is 52.5 Å². The number of carbonyl (C=O) groups excluding carboxylic acids is 1. The number of aryl methyl sites for hydroxylation is 1. The maximum Gasteiger partial charge on any atom is 0.259 e. The first kappa shape index (κ1) is 33.6. The molecule has 3 heterocycles. The molecular weight excluding hydrogens is 633 g/mol. The Kier molecular flexibility index (Phi) is 10.1. The fourth-order valence-electron chi connectivity index (χ4n) is 6.85. The van der Waals surface area contributed by atoms with Gasteiger partial charge in [0.25, 0.3) is 5.91 Å². The Morgan fingerprint density at radius 2 is 1.37 bits per heavy atom. The molecule has 1 aliphatic heterocycles. The minimum Gasteiger partial charge on any atom is -0.492 e. The predicted molar refractivity (Wildman–Crippen MR) is 205 cm³/mol. The molecular formula is C43H44N6O2. The minimum absolute atomic E-state index is 0.166. The lowest BCUT2D eigenvalue weighted by Gasteiger charge is -2.37. The number of nitrogens with zero attached hydrogens (tertiary/aromatic N) is 4. The SMILES string of the molecule is Cc1ccc(C(=O)Nc2ccc(OCCn3nccc3NC(c3ccccc3)(c3ccccc3)c3ccccc3)cc2)c(N2CCC(C)CC2)n1. The molecule has 8 heteroatoms. The van der Waals surface area contributed by atoms with Gasteiger partial charge in [-0.05, 0) is 78.8 Å². The molecule has 51 heavy (non-hydrogen) atoms. The number of amides is 1. The van der Waals surface area contributed by atoms with Gasteiger partial charge in [0.2, 0.25) is 0 Å². The molecule has 0 bridgehead atoms. The first-order valence-electron chi connectivity index (χ1n) is 17.7. The summed E-state index contributed by atoms with van der Waals surface area (Å²) in [5.41, 5.74) is 4.89. The van der Waals surface area contributed by atoms with E-state index in [4.69, 9.17) is 9.72 Å². The van der Waals surface area contributed by atoms with Crippen molar-refractivity contribution in [3.8, 4) is 5.75 Å². The number of rotatable bonds is 12. The Bertz CT molecular complexity index is 1930. The summed E-state index contributed by atoms with van der Waals surface area (Å²) in [6.07, 6.45) is 4.02. The Labute approximate surface area is 300 Å². The summed E-state index contributed by atoms with van der Waals surface area (Å²) < 4.78 is 8.10. The van der Waals surface area contributed by atoms with E-state index >= 15 is 0 Å². The highest BCUT2D eigenvalue weighted by Gasteiger charge is 2.37. The quantitative estimate of drug-likeness (QED) is 0.126. The predicted octanol–water partition coefficient (Wildman–Crippen LogP) is 8.56. The summed E-state index contributed by atoms with van der Waals surface area (Å²) in [6, 6.07) is 44.8. The van der Waals surface area contributed by atoms with Crippen LogP contribution in [-0.2, 0) is 12.1 Å². The summed E-state index contributed by atoms with van der Waals surface area (Å²) >= 11 is 0. The third-order valence-electron chi connectivity index (χ3n) is 9.68. The van der Waals surface area contributed by atoms with Crippen LogP contribution >= 0.6 is 0 Å². The monoisotopic (exact) mass is 676 g/mol. The molecule has 1 saturated heterocycles. The lowest BCUT2D eigenvalue weighted by molar-refractivity contribution is 0.102. The zero-order valence-electron chi connectivity index (χ0n) is 29.2. The zero-order chi connectivity index (χ0) is 35.0. The molecule has 0 aliphatic carbocycles. The fraction of sp³-hybridized carbons (Fsp3) is 0.233. The maximum atomic E-state index is 13.4. The molecule has 8 nitrogen and oxygen atoms in total. The van der Waals surface area contributed by atoms with Gasteiger partial charge in [0, 0.05) is 30.5 Å². The van der Waals surface area contributed by atoms with Crippen molar-refractivity contribution in [1.82, 2.24) is 14.8 Å². The van der Waals surface area contributed by atoms with E-state index in [9.17, 15) is 4.79 Å². The largest absolute Gasteiger partial charge is 0.492 e. The summed E-state index contributed by atoms with van der Waals surface area (Å²) in [4.78, 5) is 20.4. The number of piperidine rings is 1. The van der Waals surface area contributed by atoms with Crippen LogP contribution in [0, 0.1) is 12.8 Å². The highest BCUT2D eigenvalue weighted by Crippen LogP contribution is 2.40. The van der Waals surface area contributed by atoms with Crippen LogP contribution in [0.25, 0.3) is 0 Å². The number of carbonyl (C=O) groups is 1. The van der Waals surface area contributed by atoms with Gasteiger partial charge < -0.3 is 20.3 Å². The van der Waals surface area contributed by atoms with Crippen molar-refractivity contribution >= 4 is 23.2 Å². The van der Waals surface area contributed by atoms with Gasteiger partial charge in [-0.15, -0.1) is 0 Å². The maximum absolute atomic E-state index is 13.4. The lowest BCUT2D eigenvalue weighted by atomic mass is 9.77. The van der Waals surface area contributed by atoms with Gasteiger partial charge in [-0.2, -0.15) is 5.10 Å². The number of benzene rings is 4. The van der Waals surface area contributed by atoms with Crippen LogP contribution in [-0.4, -0.2) is 40.4 Å². The highest BCUT2D eigenvalue weighted by atomic mass is 16.5. The van der Waals surface area contributed by atoms with E-state index in [-0.39, 0.29) is 5.91 Å². The van der Waals surface area contributed by atoms with Crippen LogP contribution < -0.4 is 20.3 Å². The lowest BCUT2D eigenvalue weighted by Crippen LogP contribution is -2.39. The summed E-state index contributed by atoms with van der Waals surface area (Å²) in [7, 11) is 0. The second-order valence-corrected chi connectivity index (χ2v) is 13.2. The second kappa shape index (κ2) is 15.3. The first-order chi connectivity index (χ1) is 25.0. The number of ether oxygens (including phenoxy) is 1. The summed E-state index contributed by atoms with van der Waals surface area (Å²) in [6.45, 7) is 7.00. The number of aromatic nitrogens is 3. The van der Waals surface area contributed by atoms with Gasteiger partial charge in [-0.25, -0.2) is 9.67 Å². The van der Waals surface area contributed by atoms with Crippen molar-refractivity contribution < 1.29 is 9.53 Å². The van der Waals surface area contributed by atoms with E-state index in [0.717, 1.165) is 60.0 Å². The summed E-state index contributed by atoms with van der Waals surface area (Å²) in [5, 5.41) is 11.6. The van der Waals surface area contributed by atoms with Crippen LogP contribution in [0.15, 0.2) is 140 Å². The third kappa shape index (κ3) is 7.50. The van der Waals surface area contributed by atoms with E-state index in [1.807, 2.05) is 78.5 Å². The second-order valence-electron chi connectivity index (χ2n) is 13.2. The van der Waals surface area contributed by atoms with Crippen molar-refractivity contribution in [1.29, 1.82) is 0 Å². The van der Waals surface area contributed by atoms with Gasteiger partial charge in [-0.1, -0.05) is 97.9 Å². The van der Waals surface area contributed by atoms with Crippen LogP contribution in [0.4, 0.5) is 17.3 Å². The molecule has 1 amide bonds. The zero-order valence-corrected chi connectivity index (χ0v) is 29.2. The van der Waals surface area contributed by atoms with Gasteiger partial charge in [0.1, 0.15) is 29.5 Å². The number of anilines is 3. The molecule has 0 saturated carbocycles. The molecule has 258 valence electrons. The molecule has 6 aromatic rings. The molecule has 0 spiro atoms. The minimum atomic E-state index is -0.662. The number of pyridine rings is 1. The van der Waals surface area contributed by atoms with E-state index in [1.54, 1.807) is 0 Å². The van der Waals surface area contributed by atoms with Crippen molar-refractivity contribution in [2.45, 2.75) is 38.8 Å². The van der Waals surface area contributed by atoms with Crippen molar-refractivity contribution in [2.24, 2.45) is 5.92 Å². The Morgan fingerprint density at radius 1 is 0.784 bits per heavy atom. The molecule has 1 aliphatic rings.